The molecule has 31 heavy (non-hydrogen) atoms. The second-order valence-electron chi connectivity index (χ2n) is 7.24. The number of sulfone groups is 1. The summed E-state index contributed by atoms with van der Waals surface area (Å²) in [7, 11) is -3.57. The first kappa shape index (κ1) is 22.8. The average molecular weight is 458 g/mol. The van der Waals surface area contributed by atoms with Crippen LogP contribution in [0.1, 0.15) is 17.5 Å². The van der Waals surface area contributed by atoms with Crippen LogP contribution >= 0.6 is 11.8 Å². The first-order valence-corrected chi connectivity index (χ1v) is 12.8. The largest absolute Gasteiger partial charge is 0.324 e. The number of thioether (sulfide) groups is 1. The molecule has 0 aliphatic carbocycles. The minimum atomic E-state index is -3.57. The van der Waals surface area contributed by atoms with Gasteiger partial charge >= 0.3 is 0 Å². The van der Waals surface area contributed by atoms with Crippen molar-refractivity contribution in [3.8, 4) is 6.07 Å². The number of amides is 2. The van der Waals surface area contributed by atoms with Gasteiger partial charge < -0.3 is 10.2 Å². The van der Waals surface area contributed by atoms with Crippen LogP contribution in [-0.4, -0.2) is 54.3 Å². The lowest BCUT2D eigenvalue weighted by molar-refractivity contribution is -0.134. The molecule has 0 bridgehead atoms. The highest BCUT2D eigenvalue weighted by molar-refractivity contribution is 7.99. The zero-order chi connectivity index (χ0) is 22.3. The summed E-state index contributed by atoms with van der Waals surface area (Å²) in [6.45, 7) is 0. The molecular weight excluding hydrogens is 434 g/mol. The van der Waals surface area contributed by atoms with E-state index in [1.807, 2.05) is 36.4 Å². The summed E-state index contributed by atoms with van der Waals surface area (Å²) in [4.78, 5) is 26.6. The summed E-state index contributed by atoms with van der Waals surface area (Å²) in [6.07, 6.45) is 1.07. The van der Waals surface area contributed by atoms with Gasteiger partial charge in [-0.05, 0) is 42.7 Å². The summed E-state index contributed by atoms with van der Waals surface area (Å²) in [5.74, 6) is -0.903. The van der Waals surface area contributed by atoms with E-state index in [1.54, 1.807) is 24.3 Å². The van der Waals surface area contributed by atoms with E-state index in [4.69, 9.17) is 5.26 Å². The predicted molar refractivity (Wildman–Crippen MR) is 121 cm³/mol. The van der Waals surface area contributed by atoms with E-state index < -0.39 is 27.5 Å². The fourth-order valence-electron chi connectivity index (χ4n) is 3.24. The van der Waals surface area contributed by atoms with Crippen molar-refractivity contribution in [1.82, 2.24) is 4.90 Å². The Bertz CT molecular complexity index is 1060. The second-order valence-corrected chi connectivity index (χ2v) is 10.4. The SMILES string of the molecule is N#Cc1ccc(NC(=O)C2CSCN2C(=O)CS(=O)(=O)CCCc2ccccc2)cc1. The molecule has 1 aliphatic rings. The van der Waals surface area contributed by atoms with Gasteiger partial charge in [0.2, 0.25) is 11.8 Å². The topological polar surface area (TPSA) is 107 Å². The van der Waals surface area contributed by atoms with Gasteiger partial charge in [0.1, 0.15) is 11.8 Å². The first-order valence-electron chi connectivity index (χ1n) is 9.80. The van der Waals surface area contributed by atoms with Crippen molar-refractivity contribution < 1.29 is 18.0 Å². The summed E-state index contributed by atoms with van der Waals surface area (Å²) in [5.41, 5.74) is 2.05. The molecule has 1 fully saturated rings. The van der Waals surface area contributed by atoms with Crippen molar-refractivity contribution in [3.63, 3.8) is 0 Å². The highest BCUT2D eigenvalue weighted by Gasteiger charge is 2.36. The van der Waals surface area contributed by atoms with Gasteiger partial charge in [0, 0.05) is 11.4 Å². The number of rotatable bonds is 8. The molecule has 162 valence electrons. The van der Waals surface area contributed by atoms with E-state index in [2.05, 4.69) is 5.32 Å². The Morgan fingerprint density at radius 2 is 1.84 bits per heavy atom. The van der Waals surface area contributed by atoms with Crippen LogP contribution in [0.5, 0.6) is 0 Å². The minimum absolute atomic E-state index is 0.0727. The highest BCUT2D eigenvalue weighted by atomic mass is 32.2. The summed E-state index contributed by atoms with van der Waals surface area (Å²) >= 11 is 1.41. The number of anilines is 1. The van der Waals surface area contributed by atoms with Gasteiger partial charge in [0.05, 0.1) is 23.3 Å². The Kier molecular flexibility index (Phi) is 7.71. The van der Waals surface area contributed by atoms with Crippen LogP contribution in [0, 0.1) is 11.3 Å². The van der Waals surface area contributed by atoms with Crippen LogP contribution < -0.4 is 5.32 Å². The van der Waals surface area contributed by atoms with E-state index in [1.165, 1.54) is 16.7 Å². The number of nitriles is 1. The molecule has 1 saturated heterocycles. The van der Waals surface area contributed by atoms with Crippen molar-refractivity contribution in [1.29, 1.82) is 5.26 Å². The maximum absolute atomic E-state index is 12.7. The van der Waals surface area contributed by atoms with Crippen molar-refractivity contribution >= 4 is 39.1 Å². The molecule has 0 saturated carbocycles. The van der Waals surface area contributed by atoms with Crippen molar-refractivity contribution in [2.24, 2.45) is 0 Å². The normalized spacial score (nSPS) is 16.0. The van der Waals surface area contributed by atoms with Crippen molar-refractivity contribution in [3.05, 3.63) is 65.7 Å². The molecule has 2 aromatic carbocycles. The molecule has 9 heteroatoms. The monoisotopic (exact) mass is 457 g/mol. The van der Waals surface area contributed by atoms with Gasteiger partial charge in [0.25, 0.3) is 0 Å². The Morgan fingerprint density at radius 3 is 2.52 bits per heavy atom. The third-order valence-corrected chi connectivity index (χ3v) is 7.50. The quantitative estimate of drug-likeness (QED) is 0.652. The van der Waals surface area contributed by atoms with Gasteiger partial charge in [-0.3, -0.25) is 9.59 Å². The Labute approximate surface area is 186 Å². The molecule has 2 aromatic rings. The second kappa shape index (κ2) is 10.5. The number of aryl methyl sites for hydroxylation is 1. The molecule has 1 aliphatic heterocycles. The maximum atomic E-state index is 12.7. The zero-order valence-electron chi connectivity index (χ0n) is 16.9. The van der Waals surface area contributed by atoms with E-state index in [0.29, 0.717) is 29.8 Å². The lowest BCUT2D eigenvalue weighted by atomic mass is 10.1. The summed E-state index contributed by atoms with van der Waals surface area (Å²) in [5, 5.41) is 11.6. The molecule has 1 N–H and O–H groups in total. The van der Waals surface area contributed by atoms with E-state index in [9.17, 15) is 18.0 Å². The summed E-state index contributed by atoms with van der Waals surface area (Å²) < 4.78 is 24.9. The standard InChI is InChI=1S/C22H23N3O4S2/c23-13-18-8-10-19(11-9-18)24-22(27)20-14-30-16-25(20)21(26)15-31(28,29)12-4-7-17-5-2-1-3-6-17/h1-3,5-6,8-11,20H,4,7,12,14-16H2,(H,24,27). The van der Waals surface area contributed by atoms with Gasteiger partial charge in [-0.2, -0.15) is 5.26 Å². The van der Waals surface area contributed by atoms with Crippen LogP contribution in [0.4, 0.5) is 5.69 Å². The van der Waals surface area contributed by atoms with Crippen LogP contribution in [0.15, 0.2) is 54.6 Å². The molecule has 3 rings (SSSR count). The third-order valence-electron chi connectivity index (χ3n) is 4.89. The Balaban J connectivity index is 1.54. The lowest BCUT2D eigenvalue weighted by Gasteiger charge is -2.23. The zero-order valence-corrected chi connectivity index (χ0v) is 18.5. The first-order chi connectivity index (χ1) is 14.9. The molecular formula is C22H23N3O4S2. The molecule has 1 unspecified atom stereocenters. The number of nitrogens with one attached hydrogen (secondary N) is 1. The lowest BCUT2D eigenvalue weighted by Crippen LogP contribution is -2.46. The number of carbonyl (C=O) groups excluding carboxylic acids is 2. The van der Waals surface area contributed by atoms with Gasteiger partial charge in [-0.25, -0.2) is 8.42 Å². The van der Waals surface area contributed by atoms with Gasteiger partial charge in [-0.15, -0.1) is 11.8 Å². The number of hydrogen-bond donors (Lipinski definition) is 1. The van der Waals surface area contributed by atoms with Crippen molar-refractivity contribution in [2.75, 3.05) is 28.5 Å². The van der Waals surface area contributed by atoms with Crippen LogP contribution in [0.25, 0.3) is 0 Å². The van der Waals surface area contributed by atoms with Crippen LogP contribution in [0.3, 0.4) is 0 Å². The minimum Gasteiger partial charge on any atom is -0.324 e. The van der Waals surface area contributed by atoms with E-state index in [0.717, 1.165) is 5.56 Å². The molecule has 7 nitrogen and oxygen atoms in total. The molecule has 2 amide bonds. The molecule has 1 atom stereocenters. The van der Waals surface area contributed by atoms with E-state index in [-0.39, 0.29) is 17.5 Å². The Hall–Kier alpha value is -2.83. The Morgan fingerprint density at radius 1 is 1.13 bits per heavy atom. The molecule has 0 radical (unpaired) electrons. The predicted octanol–water partition coefficient (Wildman–Crippen LogP) is 2.45. The number of carbonyl (C=O) groups is 2. The number of hydrogen-bond acceptors (Lipinski definition) is 6. The smallest absolute Gasteiger partial charge is 0.248 e. The van der Waals surface area contributed by atoms with E-state index >= 15 is 0 Å². The van der Waals surface area contributed by atoms with Crippen LogP contribution in [-0.2, 0) is 25.8 Å². The fraction of sp³-hybridized carbons (Fsp3) is 0.318. The van der Waals surface area contributed by atoms with Gasteiger partial charge in [0.15, 0.2) is 9.84 Å². The maximum Gasteiger partial charge on any atom is 0.248 e. The van der Waals surface area contributed by atoms with Gasteiger partial charge in [-0.1, -0.05) is 30.3 Å². The highest BCUT2D eigenvalue weighted by Crippen LogP contribution is 2.23. The van der Waals surface area contributed by atoms with Crippen molar-refractivity contribution in [2.45, 2.75) is 18.9 Å². The average Bonchev–Trinajstić information content (AvgIpc) is 3.25. The number of nitrogens with zero attached hydrogens (tertiary/aromatic N) is 2. The summed E-state index contributed by atoms with van der Waals surface area (Å²) in [6, 6.07) is 17.3. The molecule has 0 aromatic heterocycles. The third kappa shape index (κ3) is 6.57. The molecule has 0 spiro atoms. The number of benzene rings is 2. The fourth-order valence-corrected chi connectivity index (χ4v) is 5.69. The van der Waals surface area contributed by atoms with Crippen LogP contribution in [0.2, 0.25) is 0 Å². The molecule has 1 heterocycles.